The van der Waals surface area contributed by atoms with Crippen LogP contribution in [0.25, 0.3) is 0 Å². The molecule has 0 aliphatic carbocycles. The van der Waals surface area contributed by atoms with Crippen LogP contribution in [0.15, 0.2) is 12.7 Å². The number of carbonyl (C=O) groups is 1. The lowest BCUT2D eigenvalue weighted by Crippen LogP contribution is -2.09. The third-order valence-electron chi connectivity index (χ3n) is 1.29. The van der Waals surface area contributed by atoms with E-state index in [1.807, 2.05) is 27.7 Å². The van der Waals surface area contributed by atoms with Gasteiger partial charge in [0.25, 0.3) is 0 Å². The normalized spacial score (nSPS) is 9.93. The van der Waals surface area contributed by atoms with Crippen molar-refractivity contribution in [2.45, 2.75) is 40.5 Å². The Balaban J connectivity index is 0. The van der Waals surface area contributed by atoms with Crippen molar-refractivity contribution in [2.24, 2.45) is 5.41 Å². The van der Waals surface area contributed by atoms with E-state index in [1.54, 1.807) is 6.08 Å². The van der Waals surface area contributed by atoms with Gasteiger partial charge in [-0.3, -0.25) is 4.79 Å². The molecule has 0 aromatic heterocycles. The smallest absolute Gasteiger partial charge is 0.306 e. The zero-order valence-electron chi connectivity index (χ0n) is 10.4. The van der Waals surface area contributed by atoms with Crippen LogP contribution in [0.3, 0.4) is 0 Å². The average Bonchev–Trinajstić information content (AvgIpc) is 2.15. The largest absolute Gasteiger partial charge is 0.461 e. The number of aliphatic hydroxyl groups excluding tert-OH is 1. The Morgan fingerprint density at radius 2 is 1.93 bits per heavy atom. The van der Waals surface area contributed by atoms with Gasteiger partial charge in [0, 0.05) is 13.0 Å². The summed E-state index contributed by atoms with van der Waals surface area (Å²) in [5, 5.41) is 8.40. The molecule has 90 valence electrons. The molecule has 0 aliphatic rings. The van der Waals surface area contributed by atoms with E-state index in [0.717, 1.165) is 6.42 Å². The molecule has 0 radical (unpaired) electrons. The molecule has 1 N–H and O–H groups in total. The quantitative estimate of drug-likeness (QED) is 0.580. The Bertz CT molecular complexity index is 168. The van der Waals surface area contributed by atoms with Crippen LogP contribution in [0.5, 0.6) is 0 Å². The van der Waals surface area contributed by atoms with Crippen LogP contribution < -0.4 is 0 Å². The van der Waals surface area contributed by atoms with E-state index in [-0.39, 0.29) is 18.0 Å². The van der Waals surface area contributed by atoms with Gasteiger partial charge in [0.2, 0.25) is 0 Å². The van der Waals surface area contributed by atoms with Crippen LogP contribution in [-0.2, 0) is 9.53 Å². The summed E-state index contributed by atoms with van der Waals surface area (Å²) in [5.74, 6) is -0.141. The van der Waals surface area contributed by atoms with E-state index in [1.165, 1.54) is 0 Å². The highest BCUT2D eigenvalue weighted by atomic mass is 16.5. The van der Waals surface area contributed by atoms with Crippen LogP contribution in [0.2, 0.25) is 0 Å². The maximum Gasteiger partial charge on any atom is 0.306 e. The molecule has 0 atom stereocenters. The first-order valence-corrected chi connectivity index (χ1v) is 5.24. The van der Waals surface area contributed by atoms with Gasteiger partial charge in [-0.25, -0.2) is 0 Å². The van der Waals surface area contributed by atoms with Crippen molar-refractivity contribution in [3.05, 3.63) is 12.7 Å². The van der Waals surface area contributed by atoms with E-state index >= 15 is 0 Å². The number of carbonyl (C=O) groups excluding carboxylic acids is 1. The number of esters is 1. The molecule has 0 aliphatic heterocycles. The SMILES string of the molecule is C=CCOC(=O)CCC.CC(C)(C)CO. The Kier molecular flexibility index (Phi) is 10.7. The highest BCUT2D eigenvalue weighted by molar-refractivity contribution is 5.69. The van der Waals surface area contributed by atoms with E-state index in [2.05, 4.69) is 11.3 Å². The van der Waals surface area contributed by atoms with Gasteiger partial charge in [0.15, 0.2) is 0 Å². The average molecular weight is 216 g/mol. The molecule has 0 aromatic rings. The number of hydrogen-bond donors (Lipinski definition) is 1. The van der Waals surface area contributed by atoms with Gasteiger partial charge in [-0.15, -0.1) is 0 Å². The zero-order valence-corrected chi connectivity index (χ0v) is 10.4. The summed E-state index contributed by atoms with van der Waals surface area (Å²) in [5.41, 5.74) is 0.0972. The number of hydrogen-bond acceptors (Lipinski definition) is 3. The van der Waals surface area contributed by atoms with Crippen LogP contribution in [-0.4, -0.2) is 24.3 Å². The van der Waals surface area contributed by atoms with Crippen molar-refractivity contribution in [1.29, 1.82) is 0 Å². The van der Waals surface area contributed by atoms with Crippen molar-refractivity contribution in [3.63, 3.8) is 0 Å². The lowest BCUT2D eigenvalue weighted by atomic mass is 9.99. The second-order valence-electron chi connectivity index (χ2n) is 4.44. The third-order valence-corrected chi connectivity index (χ3v) is 1.29. The minimum absolute atomic E-state index is 0.0972. The maximum atomic E-state index is 10.5. The van der Waals surface area contributed by atoms with Gasteiger partial charge in [-0.05, 0) is 11.8 Å². The van der Waals surface area contributed by atoms with Crippen LogP contribution in [0.4, 0.5) is 0 Å². The second kappa shape index (κ2) is 9.71. The zero-order chi connectivity index (χ0) is 12.3. The minimum Gasteiger partial charge on any atom is -0.461 e. The maximum absolute atomic E-state index is 10.5. The summed E-state index contributed by atoms with van der Waals surface area (Å²) in [6, 6.07) is 0. The number of ether oxygens (including phenoxy) is 1. The monoisotopic (exact) mass is 216 g/mol. The minimum atomic E-state index is -0.141. The summed E-state index contributed by atoms with van der Waals surface area (Å²) in [7, 11) is 0. The molecule has 0 aromatic carbocycles. The van der Waals surface area contributed by atoms with E-state index in [9.17, 15) is 4.79 Å². The predicted octanol–water partition coefficient (Wildman–Crippen LogP) is 2.54. The topological polar surface area (TPSA) is 46.5 Å². The Hall–Kier alpha value is -0.830. The van der Waals surface area contributed by atoms with Gasteiger partial charge in [0.1, 0.15) is 6.61 Å². The molecule has 0 bridgehead atoms. The van der Waals surface area contributed by atoms with E-state index in [0.29, 0.717) is 13.0 Å². The molecule has 0 saturated heterocycles. The highest BCUT2D eigenvalue weighted by Gasteiger charge is 2.05. The molecular formula is C12H24O3. The first-order valence-electron chi connectivity index (χ1n) is 5.24. The molecular weight excluding hydrogens is 192 g/mol. The number of aliphatic hydroxyl groups is 1. The summed E-state index contributed by atoms with van der Waals surface area (Å²) < 4.78 is 4.67. The van der Waals surface area contributed by atoms with Crippen molar-refractivity contribution in [1.82, 2.24) is 0 Å². The van der Waals surface area contributed by atoms with Crippen molar-refractivity contribution in [2.75, 3.05) is 13.2 Å². The van der Waals surface area contributed by atoms with Crippen molar-refractivity contribution < 1.29 is 14.6 Å². The molecule has 0 amide bonds. The molecule has 15 heavy (non-hydrogen) atoms. The first kappa shape index (κ1) is 16.6. The second-order valence-corrected chi connectivity index (χ2v) is 4.44. The lowest BCUT2D eigenvalue weighted by Gasteiger charge is -2.11. The lowest BCUT2D eigenvalue weighted by molar-refractivity contribution is -0.142. The molecule has 3 nitrogen and oxygen atoms in total. The van der Waals surface area contributed by atoms with Crippen LogP contribution in [0, 0.1) is 5.41 Å². The summed E-state index contributed by atoms with van der Waals surface area (Å²) >= 11 is 0. The molecule has 3 heteroatoms. The van der Waals surface area contributed by atoms with Gasteiger partial charge >= 0.3 is 5.97 Å². The standard InChI is InChI=1S/C7H12O2.C5H12O/c1-3-5-7(8)9-6-4-2;1-5(2,3)4-6/h4H,2-3,5-6H2,1H3;6H,4H2,1-3H3. The summed E-state index contributed by atoms with van der Waals surface area (Å²) in [4.78, 5) is 10.5. The van der Waals surface area contributed by atoms with Crippen LogP contribution >= 0.6 is 0 Å². The Morgan fingerprint density at radius 3 is 2.20 bits per heavy atom. The first-order chi connectivity index (χ1) is 6.87. The van der Waals surface area contributed by atoms with Gasteiger partial charge in [-0.1, -0.05) is 40.3 Å². The molecule has 0 heterocycles. The summed E-state index contributed by atoms with van der Waals surface area (Å²) in [6.45, 7) is 11.9. The number of rotatable bonds is 4. The van der Waals surface area contributed by atoms with E-state index < -0.39 is 0 Å². The Labute approximate surface area is 93.1 Å². The van der Waals surface area contributed by atoms with Crippen LogP contribution in [0.1, 0.15) is 40.5 Å². The fourth-order valence-corrected chi connectivity index (χ4v) is 0.428. The molecule has 0 rings (SSSR count). The Morgan fingerprint density at radius 1 is 1.47 bits per heavy atom. The van der Waals surface area contributed by atoms with Crippen molar-refractivity contribution in [3.8, 4) is 0 Å². The molecule has 0 spiro atoms. The highest BCUT2D eigenvalue weighted by Crippen LogP contribution is 2.09. The van der Waals surface area contributed by atoms with E-state index in [4.69, 9.17) is 5.11 Å². The predicted molar refractivity (Wildman–Crippen MR) is 62.6 cm³/mol. The molecule has 0 unspecified atom stereocenters. The van der Waals surface area contributed by atoms with Gasteiger partial charge in [0.05, 0.1) is 0 Å². The third kappa shape index (κ3) is 19.5. The van der Waals surface area contributed by atoms with Gasteiger partial charge in [-0.2, -0.15) is 0 Å². The summed E-state index contributed by atoms with van der Waals surface area (Å²) in [6.07, 6.45) is 2.91. The molecule has 0 fully saturated rings. The molecule has 0 saturated carbocycles. The van der Waals surface area contributed by atoms with Crippen molar-refractivity contribution >= 4 is 5.97 Å². The van der Waals surface area contributed by atoms with Gasteiger partial charge < -0.3 is 9.84 Å². The fraction of sp³-hybridized carbons (Fsp3) is 0.750. The fourth-order valence-electron chi connectivity index (χ4n) is 0.428.